The monoisotopic (exact) mass is 213 g/mol. The lowest BCUT2D eigenvalue weighted by molar-refractivity contribution is 0.0512. The average molecular weight is 213 g/mol. The van der Waals surface area contributed by atoms with E-state index in [1.165, 1.54) is 0 Å². The van der Waals surface area contributed by atoms with Gasteiger partial charge in [0.15, 0.2) is 0 Å². The van der Waals surface area contributed by atoms with Crippen LogP contribution in [0.3, 0.4) is 0 Å². The van der Waals surface area contributed by atoms with Crippen molar-refractivity contribution in [2.24, 2.45) is 0 Å². The molecule has 6 nitrogen and oxygen atoms in total. The van der Waals surface area contributed by atoms with Crippen LogP contribution < -0.4 is 0 Å². The summed E-state index contributed by atoms with van der Waals surface area (Å²) in [6.45, 7) is 2.73. The number of aryl methyl sites for hydroxylation is 1. The van der Waals surface area contributed by atoms with Crippen LogP contribution in [0.1, 0.15) is 29.8 Å². The maximum absolute atomic E-state index is 11.2. The lowest BCUT2D eigenvalue weighted by Gasteiger charge is -1.95. The molecule has 0 saturated carbocycles. The van der Waals surface area contributed by atoms with Gasteiger partial charge in [-0.15, -0.1) is 5.10 Å². The van der Waals surface area contributed by atoms with Crippen LogP contribution in [0.25, 0.3) is 0 Å². The first-order valence-electron chi connectivity index (χ1n) is 4.85. The predicted octanol–water partition coefficient (Wildman–Crippen LogP) is 0.560. The van der Waals surface area contributed by atoms with Gasteiger partial charge in [-0.1, -0.05) is 0 Å². The molecule has 0 fully saturated rings. The zero-order valence-electron chi connectivity index (χ0n) is 8.95. The van der Waals surface area contributed by atoms with Crippen molar-refractivity contribution in [3.05, 3.63) is 11.6 Å². The Morgan fingerprint density at radius 2 is 2.33 bits per heavy atom. The molecule has 6 heteroatoms. The highest BCUT2D eigenvalue weighted by molar-refractivity contribution is 5.84. The molecule has 15 heavy (non-hydrogen) atoms. The van der Waals surface area contributed by atoms with Crippen molar-refractivity contribution in [3.63, 3.8) is 0 Å². The number of esters is 1. The molecule has 0 aliphatic carbocycles. The van der Waals surface area contributed by atoms with E-state index in [2.05, 4.69) is 15.2 Å². The molecule has 1 aromatic rings. The van der Waals surface area contributed by atoms with Gasteiger partial charge in [-0.3, -0.25) is 5.10 Å². The Morgan fingerprint density at radius 3 is 3.00 bits per heavy atom. The first kappa shape index (κ1) is 11.6. The third-order valence-corrected chi connectivity index (χ3v) is 1.75. The van der Waals surface area contributed by atoms with E-state index in [1.54, 1.807) is 14.0 Å². The Morgan fingerprint density at radius 1 is 1.53 bits per heavy atom. The first-order valence-corrected chi connectivity index (χ1v) is 4.85. The molecule has 1 N–H and O–H groups in total. The summed E-state index contributed by atoms with van der Waals surface area (Å²) < 4.78 is 9.66. The standard InChI is InChI=1S/C9H15N3O3/c1-3-15-9(13)8-10-7(11-12-8)5-4-6-14-2/h3-6H2,1-2H3,(H,10,11,12). The number of nitrogens with zero attached hydrogens (tertiary/aromatic N) is 2. The number of carbonyl (C=O) groups excluding carboxylic acids is 1. The minimum Gasteiger partial charge on any atom is -0.460 e. The summed E-state index contributed by atoms with van der Waals surface area (Å²) in [6, 6.07) is 0. The van der Waals surface area contributed by atoms with Gasteiger partial charge in [0.05, 0.1) is 6.61 Å². The molecule has 0 radical (unpaired) electrons. The molecule has 1 aromatic heterocycles. The topological polar surface area (TPSA) is 77.1 Å². The number of methoxy groups -OCH3 is 1. The molecule has 0 bridgehead atoms. The van der Waals surface area contributed by atoms with Crippen molar-refractivity contribution in [2.45, 2.75) is 19.8 Å². The van der Waals surface area contributed by atoms with E-state index >= 15 is 0 Å². The number of H-pyrrole nitrogens is 1. The zero-order chi connectivity index (χ0) is 11.1. The molecule has 84 valence electrons. The van der Waals surface area contributed by atoms with Crippen molar-refractivity contribution in [1.82, 2.24) is 15.2 Å². The largest absolute Gasteiger partial charge is 0.460 e. The number of hydrogen-bond acceptors (Lipinski definition) is 5. The highest BCUT2D eigenvalue weighted by atomic mass is 16.5. The van der Waals surface area contributed by atoms with Gasteiger partial charge in [0, 0.05) is 20.1 Å². The van der Waals surface area contributed by atoms with Gasteiger partial charge in [0.1, 0.15) is 5.82 Å². The summed E-state index contributed by atoms with van der Waals surface area (Å²) in [6.07, 6.45) is 1.55. The number of rotatable bonds is 6. The fraction of sp³-hybridized carbons (Fsp3) is 0.667. The van der Waals surface area contributed by atoms with Crippen molar-refractivity contribution in [3.8, 4) is 0 Å². The van der Waals surface area contributed by atoms with Crippen LogP contribution in [0.15, 0.2) is 0 Å². The van der Waals surface area contributed by atoms with Crippen LogP contribution in [0, 0.1) is 0 Å². The van der Waals surface area contributed by atoms with Gasteiger partial charge >= 0.3 is 5.97 Å². The zero-order valence-corrected chi connectivity index (χ0v) is 8.95. The lowest BCUT2D eigenvalue weighted by Crippen LogP contribution is -2.06. The molecule has 0 aromatic carbocycles. The maximum Gasteiger partial charge on any atom is 0.378 e. The molecule has 0 aliphatic heterocycles. The third kappa shape index (κ3) is 3.67. The number of carbonyl (C=O) groups is 1. The SMILES string of the molecule is CCOC(=O)c1n[nH]c(CCCOC)n1. The highest BCUT2D eigenvalue weighted by Gasteiger charge is 2.12. The number of nitrogens with one attached hydrogen (secondary N) is 1. The van der Waals surface area contributed by atoms with E-state index in [4.69, 9.17) is 9.47 Å². The van der Waals surface area contributed by atoms with Gasteiger partial charge in [-0.2, -0.15) is 0 Å². The number of ether oxygens (including phenoxy) is 2. The Hall–Kier alpha value is -1.43. The lowest BCUT2D eigenvalue weighted by atomic mass is 10.3. The van der Waals surface area contributed by atoms with Crippen LogP contribution in [0.2, 0.25) is 0 Å². The molecule has 1 rings (SSSR count). The minimum atomic E-state index is -0.494. The summed E-state index contributed by atoms with van der Waals surface area (Å²) in [5.41, 5.74) is 0. The van der Waals surface area contributed by atoms with Gasteiger partial charge in [-0.05, 0) is 13.3 Å². The molecule has 0 spiro atoms. The number of aromatic nitrogens is 3. The quantitative estimate of drug-likeness (QED) is 0.552. The maximum atomic E-state index is 11.2. The van der Waals surface area contributed by atoms with Crippen molar-refractivity contribution in [1.29, 1.82) is 0 Å². The second-order valence-corrected chi connectivity index (χ2v) is 2.92. The van der Waals surface area contributed by atoms with Gasteiger partial charge < -0.3 is 9.47 Å². The smallest absolute Gasteiger partial charge is 0.378 e. The normalized spacial score (nSPS) is 10.3. The van der Waals surface area contributed by atoms with E-state index in [9.17, 15) is 4.79 Å². The summed E-state index contributed by atoms with van der Waals surface area (Å²) in [5.74, 6) is 0.270. The van der Waals surface area contributed by atoms with E-state index in [1.807, 2.05) is 0 Å². The third-order valence-electron chi connectivity index (χ3n) is 1.75. The number of aromatic amines is 1. The molecule has 0 saturated heterocycles. The summed E-state index contributed by atoms with van der Waals surface area (Å²) in [4.78, 5) is 15.2. The van der Waals surface area contributed by atoms with Crippen molar-refractivity contribution in [2.75, 3.05) is 20.3 Å². The van der Waals surface area contributed by atoms with Crippen molar-refractivity contribution >= 4 is 5.97 Å². The Kier molecular flexibility index (Phi) is 4.76. The highest BCUT2D eigenvalue weighted by Crippen LogP contribution is 1.99. The van der Waals surface area contributed by atoms with Gasteiger partial charge in [0.25, 0.3) is 5.82 Å². The van der Waals surface area contributed by atoms with Gasteiger partial charge in [-0.25, -0.2) is 9.78 Å². The van der Waals surface area contributed by atoms with Crippen LogP contribution >= 0.6 is 0 Å². The predicted molar refractivity (Wildman–Crippen MR) is 52.5 cm³/mol. The van der Waals surface area contributed by atoms with E-state index in [0.29, 0.717) is 25.5 Å². The second kappa shape index (κ2) is 6.13. The van der Waals surface area contributed by atoms with Crippen LogP contribution in [0.4, 0.5) is 0 Å². The molecular formula is C9H15N3O3. The Bertz CT molecular complexity index is 311. The second-order valence-electron chi connectivity index (χ2n) is 2.92. The molecule has 0 atom stereocenters. The van der Waals surface area contributed by atoms with Crippen LogP contribution in [-0.2, 0) is 15.9 Å². The summed E-state index contributed by atoms with van der Waals surface area (Å²) in [7, 11) is 1.64. The molecule has 0 amide bonds. The van der Waals surface area contributed by atoms with Crippen molar-refractivity contribution < 1.29 is 14.3 Å². The van der Waals surface area contributed by atoms with Crippen LogP contribution in [-0.4, -0.2) is 41.5 Å². The molecule has 0 aliphatic rings. The number of hydrogen-bond donors (Lipinski definition) is 1. The summed E-state index contributed by atoms with van der Waals surface area (Å²) >= 11 is 0. The van der Waals surface area contributed by atoms with E-state index in [-0.39, 0.29) is 5.82 Å². The first-order chi connectivity index (χ1) is 7.27. The van der Waals surface area contributed by atoms with Gasteiger partial charge in [0.2, 0.25) is 0 Å². The van der Waals surface area contributed by atoms with Crippen LogP contribution in [0.5, 0.6) is 0 Å². The molecule has 1 heterocycles. The fourth-order valence-corrected chi connectivity index (χ4v) is 1.08. The van der Waals surface area contributed by atoms with E-state index < -0.39 is 5.97 Å². The Labute approximate surface area is 88.0 Å². The minimum absolute atomic E-state index is 0.0873. The summed E-state index contributed by atoms with van der Waals surface area (Å²) in [5, 5.41) is 6.45. The molecule has 0 unspecified atom stereocenters. The fourth-order valence-electron chi connectivity index (χ4n) is 1.08. The average Bonchev–Trinajstić information content (AvgIpc) is 2.67. The Balaban J connectivity index is 2.45. The molecular weight excluding hydrogens is 198 g/mol. The van der Waals surface area contributed by atoms with E-state index in [0.717, 1.165) is 6.42 Å².